The van der Waals surface area contributed by atoms with Crippen LogP contribution >= 0.6 is 0 Å². The Bertz CT molecular complexity index is 420. The minimum atomic E-state index is 0.409. The highest BCUT2D eigenvalue weighted by Crippen LogP contribution is 2.37. The molecule has 98 valence electrons. The summed E-state index contributed by atoms with van der Waals surface area (Å²) in [5, 5.41) is 0. The van der Waals surface area contributed by atoms with Crippen LogP contribution in [0.15, 0.2) is 36.1 Å². The van der Waals surface area contributed by atoms with E-state index in [0.29, 0.717) is 5.41 Å². The summed E-state index contributed by atoms with van der Waals surface area (Å²) in [6, 6.07) is 8.28. The van der Waals surface area contributed by atoms with E-state index in [9.17, 15) is 0 Å². The molecule has 1 aromatic rings. The monoisotopic (exact) mass is 244 g/mol. The minimum absolute atomic E-state index is 0.409. The van der Waals surface area contributed by atoms with Crippen LogP contribution in [0.3, 0.4) is 0 Å². The maximum absolute atomic E-state index is 5.93. The van der Waals surface area contributed by atoms with Gasteiger partial charge in [-0.05, 0) is 49.3 Å². The Labute approximate surface area is 111 Å². The molecule has 18 heavy (non-hydrogen) atoms. The summed E-state index contributed by atoms with van der Waals surface area (Å²) in [5.41, 5.74) is 1.68. The predicted octanol–water partition coefficient (Wildman–Crippen LogP) is 5.10. The molecule has 1 unspecified atom stereocenters. The van der Waals surface area contributed by atoms with Crippen LogP contribution in [0.25, 0.3) is 0 Å². The van der Waals surface area contributed by atoms with E-state index in [4.69, 9.17) is 4.74 Å². The third kappa shape index (κ3) is 3.38. The smallest absolute Gasteiger partial charge is 0.126 e. The lowest BCUT2D eigenvalue weighted by atomic mass is 9.74. The molecule has 1 atom stereocenters. The van der Waals surface area contributed by atoms with Gasteiger partial charge in [-0.25, -0.2) is 0 Å². The first kappa shape index (κ1) is 13.2. The highest BCUT2D eigenvalue weighted by Gasteiger charge is 2.26. The van der Waals surface area contributed by atoms with E-state index in [0.717, 1.165) is 30.3 Å². The van der Waals surface area contributed by atoms with Crippen LogP contribution in [-0.2, 0) is 0 Å². The van der Waals surface area contributed by atoms with Gasteiger partial charge < -0.3 is 4.74 Å². The molecule has 0 N–H and O–H groups in total. The Morgan fingerprint density at radius 2 is 1.78 bits per heavy atom. The molecule has 2 rings (SSSR count). The van der Waals surface area contributed by atoms with Gasteiger partial charge in [0.2, 0.25) is 0 Å². The maximum atomic E-state index is 5.93. The van der Waals surface area contributed by atoms with Crippen LogP contribution in [0.5, 0.6) is 5.75 Å². The van der Waals surface area contributed by atoms with Crippen molar-refractivity contribution in [3.8, 4) is 5.75 Å². The van der Waals surface area contributed by atoms with E-state index >= 15 is 0 Å². The number of allylic oxidation sites excluding steroid dienone is 2. The highest BCUT2D eigenvalue weighted by atomic mass is 16.5. The zero-order chi connectivity index (χ0) is 13.2. The first-order valence-corrected chi connectivity index (χ1v) is 6.89. The largest absolute Gasteiger partial charge is 0.462 e. The predicted molar refractivity (Wildman–Crippen MR) is 76.7 cm³/mol. The van der Waals surface area contributed by atoms with Crippen molar-refractivity contribution in [3.05, 3.63) is 41.7 Å². The summed E-state index contributed by atoms with van der Waals surface area (Å²) in [4.78, 5) is 0. The fraction of sp³-hybridized carbons (Fsp3) is 0.529. The summed E-state index contributed by atoms with van der Waals surface area (Å²) < 4.78 is 5.93. The molecule has 1 nitrogen and oxygen atoms in total. The molecule has 0 heterocycles. The molecule has 0 aliphatic heterocycles. The number of aryl methyl sites for hydroxylation is 1. The first-order valence-electron chi connectivity index (χ1n) is 6.89. The van der Waals surface area contributed by atoms with Gasteiger partial charge in [0.1, 0.15) is 11.5 Å². The molecule has 1 heteroatoms. The van der Waals surface area contributed by atoms with Gasteiger partial charge >= 0.3 is 0 Å². The van der Waals surface area contributed by atoms with E-state index in [-0.39, 0.29) is 0 Å². The van der Waals surface area contributed by atoms with Gasteiger partial charge in [-0.1, -0.05) is 38.5 Å². The van der Waals surface area contributed by atoms with E-state index in [1.54, 1.807) is 0 Å². The highest BCUT2D eigenvalue weighted by molar-refractivity contribution is 5.28. The second kappa shape index (κ2) is 5.17. The van der Waals surface area contributed by atoms with Crippen molar-refractivity contribution in [2.75, 3.05) is 0 Å². The van der Waals surface area contributed by atoms with E-state index in [2.05, 4.69) is 45.9 Å². The summed E-state index contributed by atoms with van der Waals surface area (Å²) in [7, 11) is 0. The van der Waals surface area contributed by atoms with Crippen molar-refractivity contribution in [2.45, 2.75) is 47.0 Å². The van der Waals surface area contributed by atoms with Crippen LogP contribution < -0.4 is 4.74 Å². The second-order valence-corrected chi connectivity index (χ2v) is 6.42. The number of hydrogen-bond donors (Lipinski definition) is 0. The van der Waals surface area contributed by atoms with Gasteiger partial charge in [0, 0.05) is 6.42 Å². The van der Waals surface area contributed by atoms with Crippen molar-refractivity contribution in [3.63, 3.8) is 0 Å². The van der Waals surface area contributed by atoms with Gasteiger partial charge in [-0.15, -0.1) is 0 Å². The van der Waals surface area contributed by atoms with Gasteiger partial charge in [-0.3, -0.25) is 0 Å². The van der Waals surface area contributed by atoms with Crippen molar-refractivity contribution in [1.29, 1.82) is 0 Å². The maximum Gasteiger partial charge on any atom is 0.126 e. The molecular weight excluding hydrogens is 220 g/mol. The quantitative estimate of drug-likeness (QED) is 0.703. The fourth-order valence-electron chi connectivity index (χ4n) is 2.45. The summed E-state index contributed by atoms with van der Waals surface area (Å²) in [6.07, 6.45) is 5.72. The summed E-state index contributed by atoms with van der Waals surface area (Å²) in [5.74, 6) is 2.88. The lowest BCUT2D eigenvalue weighted by Gasteiger charge is -2.33. The number of ether oxygens (including phenoxy) is 1. The van der Waals surface area contributed by atoms with Crippen molar-refractivity contribution in [1.82, 2.24) is 0 Å². The zero-order valence-electron chi connectivity index (χ0n) is 12.0. The van der Waals surface area contributed by atoms with Gasteiger partial charge in [0.05, 0.1) is 0 Å². The number of rotatable bonds is 2. The van der Waals surface area contributed by atoms with E-state index in [1.165, 1.54) is 12.0 Å². The van der Waals surface area contributed by atoms with Gasteiger partial charge in [0.15, 0.2) is 0 Å². The molecule has 0 saturated heterocycles. The van der Waals surface area contributed by atoms with Crippen LogP contribution in [0.1, 0.15) is 45.6 Å². The molecule has 1 aromatic carbocycles. The Kier molecular flexibility index (Phi) is 3.79. The molecular formula is C17H24O. The van der Waals surface area contributed by atoms with Crippen molar-refractivity contribution >= 4 is 0 Å². The normalized spacial score (nSPS) is 20.4. The van der Waals surface area contributed by atoms with E-state index in [1.807, 2.05) is 12.1 Å². The average Bonchev–Trinajstić information content (AvgIpc) is 2.32. The fourth-order valence-corrected chi connectivity index (χ4v) is 2.45. The molecule has 0 fully saturated rings. The number of benzene rings is 1. The topological polar surface area (TPSA) is 9.23 Å². The summed E-state index contributed by atoms with van der Waals surface area (Å²) in [6.45, 7) is 9.09. The molecule has 1 aliphatic carbocycles. The van der Waals surface area contributed by atoms with Gasteiger partial charge in [0.25, 0.3) is 0 Å². The van der Waals surface area contributed by atoms with Crippen LogP contribution in [0, 0.1) is 18.3 Å². The third-order valence-corrected chi connectivity index (χ3v) is 3.86. The number of hydrogen-bond acceptors (Lipinski definition) is 1. The van der Waals surface area contributed by atoms with Crippen LogP contribution in [-0.4, -0.2) is 0 Å². The average molecular weight is 244 g/mol. The Hall–Kier alpha value is -1.24. The van der Waals surface area contributed by atoms with Gasteiger partial charge in [-0.2, -0.15) is 0 Å². The van der Waals surface area contributed by atoms with E-state index < -0.39 is 0 Å². The molecule has 0 amide bonds. The van der Waals surface area contributed by atoms with Crippen LogP contribution in [0.2, 0.25) is 0 Å². The van der Waals surface area contributed by atoms with Crippen molar-refractivity contribution in [2.24, 2.45) is 11.3 Å². The standard InChI is InChI=1S/C17H24O/c1-13-5-9-15(10-6-13)18-16-11-7-14(8-12-16)17(2,3)4/h5-6,9-11,14H,7-8,12H2,1-4H3. The molecule has 0 spiro atoms. The third-order valence-electron chi connectivity index (χ3n) is 3.86. The molecule has 0 saturated carbocycles. The second-order valence-electron chi connectivity index (χ2n) is 6.42. The zero-order valence-corrected chi connectivity index (χ0v) is 12.0. The summed E-state index contributed by atoms with van der Waals surface area (Å²) >= 11 is 0. The van der Waals surface area contributed by atoms with Crippen molar-refractivity contribution < 1.29 is 4.74 Å². The first-order chi connectivity index (χ1) is 8.45. The Morgan fingerprint density at radius 1 is 1.11 bits per heavy atom. The molecule has 0 aromatic heterocycles. The molecule has 0 bridgehead atoms. The Balaban J connectivity index is 1.96. The SMILES string of the molecule is Cc1ccc(OC2=CCC(C(C)(C)C)CC2)cc1. The lowest BCUT2D eigenvalue weighted by Crippen LogP contribution is -2.22. The lowest BCUT2D eigenvalue weighted by molar-refractivity contribution is 0.206. The molecule has 0 radical (unpaired) electrons. The minimum Gasteiger partial charge on any atom is -0.462 e. The van der Waals surface area contributed by atoms with Crippen LogP contribution in [0.4, 0.5) is 0 Å². The molecule has 1 aliphatic rings. The Morgan fingerprint density at radius 3 is 2.28 bits per heavy atom.